The Balaban J connectivity index is 2.53. The van der Waals surface area contributed by atoms with E-state index in [1.165, 1.54) is 12.1 Å². The number of alkyl halides is 2. The molecule has 0 heterocycles. The van der Waals surface area contributed by atoms with E-state index in [2.05, 4.69) is 0 Å². The van der Waals surface area contributed by atoms with Crippen LogP contribution >= 0.6 is 0 Å². The molecule has 0 aliphatic heterocycles. The predicted molar refractivity (Wildman–Crippen MR) is 65.8 cm³/mol. The van der Waals surface area contributed by atoms with Crippen LogP contribution in [0.3, 0.4) is 0 Å². The molecule has 0 saturated carbocycles. The summed E-state index contributed by atoms with van der Waals surface area (Å²) in [5.74, 6) is -3.81. The Hall–Kier alpha value is -1.45. The minimum absolute atomic E-state index is 0.00928. The number of halogens is 2. The van der Waals surface area contributed by atoms with E-state index in [1.54, 1.807) is 12.1 Å². The lowest BCUT2D eigenvalue weighted by Gasteiger charge is -2.16. The van der Waals surface area contributed by atoms with Crippen LogP contribution in [-0.4, -0.2) is 11.1 Å². The van der Waals surface area contributed by atoms with E-state index in [1.807, 2.05) is 6.92 Å². The molecule has 1 rings (SSSR count). The van der Waals surface area contributed by atoms with Crippen molar-refractivity contribution in [1.29, 1.82) is 0 Å². The molecule has 4 heteroatoms. The third kappa shape index (κ3) is 4.43. The molecule has 0 radical (unpaired) electrons. The maximum atomic E-state index is 13.8. The zero-order valence-corrected chi connectivity index (χ0v) is 10.5. The molecule has 100 valence electrons. The van der Waals surface area contributed by atoms with Crippen LogP contribution in [0.5, 0.6) is 0 Å². The number of aliphatic carboxylic acids is 1. The maximum absolute atomic E-state index is 13.8. The fourth-order valence-corrected chi connectivity index (χ4v) is 1.75. The van der Waals surface area contributed by atoms with Gasteiger partial charge in [0.1, 0.15) is 0 Å². The molecule has 1 aromatic carbocycles. The molecule has 0 atom stereocenters. The summed E-state index contributed by atoms with van der Waals surface area (Å²) < 4.78 is 27.5. The molecular formula is C14H18F2O2. The second-order valence-electron chi connectivity index (χ2n) is 4.36. The van der Waals surface area contributed by atoms with Gasteiger partial charge in [-0.3, -0.25) is 4.79 Å². The fourth-order valence-electron chi connectivity index (χ4n) is 1.75. The van der Waals surface area contributed by atoms with Crippen molar-refractivity contribution in [1.82, 2.24) is 0 Å². The summed E-state index contributed by atoms with van der Waals surface area (Å²) >= 11 is 0. The molecule has 0 amide bonds. The molecule has 0 aliphatic carbocycles. The van der Waals surface area contributed by atoms with Gasteiger partial charge in [-0.05, 0) is 24.8 Å². The number of hydrogen-bond donors (Lipinski definition) is 1. The highest BCUT2D eigenvalue weighted by Gasteiger charge is 2.30. The Morgan fingerprint density at radius 3 is 2.33 bits per heavy atom. The van der Waals surface area contributed by atoms with Crippen LogP contribution in [0.1, 0.15) is 43.7 Å². The zero-order valence-electron chi connectivity index (χ0n) is 10.5. The highest BCUT2D eigenvalue weighted by Crippen LogP contribution is 2.33. The van der Waals surface area contributed by atoms with Crippen molar-refractivity contribution in [3.05, 3.63) is 35.4 Å². The Kier molecular flexibility index (Phi) is 5.25. The lowest BCUT2D eigenvalue weighted by atomic mass is 10.00. The largest absolute Gasteiger partial charge is 0.481 e. The van der Waals surface area contributed by atoms with E-state index in [4.69, 9.17) is 5.11 Å². The third-order valence-corrected chi connectivity index (χ3v) is 2.92. The number of unbranched alkanes of at least 4 members (excludes halogenated alkanes) is 1. The third-order valence-electron chi connectivity index (χ3n) is 2.92. The summed E-state index contributed by atoms with van der Waals surface area (Å²) in [6.07, 6.45) is 0.980. The van der Waals surface area contributed by atoms with Crippen molar-refractivity contribution in [3.8, 4) is 0 Å². The lowest BCUT2D eigenvalue weighted by molar-refractivity contribution is -0.137. The van der Waals surface area contributed by atoms with Crippen LogP contribution in [0.15, 0.2) is 24.3 Å². The van der Waals surface area contributed by atoms with Gasteiger partial charge in [0, 0.05) is 18.4 Å². The smallest absolute Gasteiger partial charge is 0.303 e. The molecule has 0 bridgehead atoms. The van der Waals surface area contributed by atoms with Crippen LogP contribution < -0.4 is 0 Å². The monoisotopic (exact) mass is 256 g/mol. The van der Waals surface area contributed by atoms with Gasteiger partial charge in [-0.15, -0.1) is 0 Å². The van der Waals surface area contributed by atoms with Crippen molar-refractivity contribution in [2.24, 2.45) is 0 Å². The van der Waals surface area contributed by atoms with Crippen molar-refractivity contribution in [3.63, 3.8) is 0 Å². The topological polar surface area (TPSA) is 37.3 Å². The Labute approximate surface area is 106 Å². The number of carboxylic acid groups (broad SMARTS) is 1. The van der Waals surface area contributed by atoms with E-state index < -0.39 is 11.9 Å². The number of benzene rings is 1. The first-order valence-corrected chi connectivity index (χ1v) is 6.14. The second-order valence-corrected chi connectivity index (χ2v) is 4.36. The van der Waals surface area contributed by atoms with E-state index in [9.17, 15) is 13.6 Å². The van der Waals surface area contributed by atoms with Gasteiger partial charge in [0.25, 0.3) is 5.92 Å². The van der Waals surface area contributed by atoms with Crippen LogP contribution in [0.25, 0.3) is 0 Å². The van der Waals surface area contributed by atoms with Crippen LogP contribution in [0.4, 0.5) is 8.78 Å². The fraction of sp³-hybridized carbons (Fsp3) is 0.500. The second kappa shape index (κ2) is 6.47. The number of hydrogen-bond acceptors (Lipinski definition) is 1. The number of carboxylic acids is 1. The summed E-state index contributed by atoms with van der Waals surface area (Å²) in [7, 11) is 0. The van der Waals surface area contributed by atoms with Gasteiger partial charge in [0.05, 0.1) is 0 Å². The first-order valence-electron chi connectivity index (χ1n) is 6.14. The van der Waals surface area contributed by atoms with Gasteiger partial charge >= 0.3 is 5.97 Å². The average molecular weight is 256 g/mol. The number of aryl methyl sites for hydroxylation is 1. The average Bonchev–Trinajstić information content (AvgIpc) is 2.34. The van der Waals surface area contributed by atoms with Gasteiger partial charge < -0.3 is 5.11 Å². The minimum Gasteiger partial charge on any atom is -0.481 e. The Morgan fingerprint density at radius 1 is 1.22 bits per heavy atom. The minimum atomic E-state index is -2.87. The summed E-state index contributed by atoms with van der Waals surface area (Å²) in [5, 5.41) is 8.43. The molecule has 0 aromatic heterocycles. The van der Waals surface area contributed by atoms with E-state index in [-0.39, 0.29) is 31.2 Å². The lowest BCUT2D eigenvalue weighted by Crippen LogP contribution is -2.13. The van der Waals surface area contributed by atoms with Gasteiger partial charge in [-0.25, -0.2) is 8.78 Å². The molecule has 18 heavy (non-hydrogen) atoms. The molecule has 1 aromatic rings. The van der Waals surface area contributed by atoms with Gasteiger partial charge in [0.2, 0.25) is 0 Å². The van der Waals surface area contributed by atoms with Crippen molar-refractivity contribution >= 4 is 5.97 Å². The SMILES string of the molecule is CCc1ccc(C(F)(F)CCCCC(=O)O)cc1. The molecular weight excluding hydrogens is 238 g/mol. The summed E-state index contributed by atoms with van der Waals surface area (Å²) in [5.41, 5.74) is 1.04. The summed E-state index contributed by atoms with van der Waals surface area (Å²) in [4.78, 5) is 10.3. The van der Waals surface area contributed by atoms with E-state index in [0.29, 0.717) is 0 Å². The van der Waals surface area contributed by atoms with Crippen LogP contribution in [0, 0.1) is 0 Å². The van der Waals surface area contributed by atoms with Gasteiger partial charge in [-0.1, -0.05) is 31.2 Å². The predicted octanol–water partition coefficient (Wildman–Crippen LogP) is 3.99. The van der Waals surface area contributed by atoms with Crippen LogP contribution in [-0.2, 0) is 17.1 Å². The molecule has 2 nitrogen and oxygen atoms in total. The quantitative estimate of drug-likeness (QED) is 0.749. The highest BCUT2D eigenvalue weighted by molar-refractivity contribution is 5.66. The Morgan fingerprint density at radius 2 is 1.83 bits per heavy atom. The molecule has 0 unspecified atom stereocenters. The molecule has 0 spiro atoms. The summed E-state index contributed by atoms with van der Waals surface area (Å²) in [6, 6.07) is 6.33. The van der Waals surface area contributed by atoms with E-state index in [0.717, 1.165) is 12.0 Å². The maximum Gasteiger partial charge on any atom is 0.303 e. The van der Waals surface area contributed by atoms with Gasteiger partial charge in [-0.2, -0.15) is 0 Å². The van der Waals surface area contributed by atoms with Crippen molar-refractivity contribution in [2.45, 2.75) is 45.0 Å². The van der Waals surface area contributed by atoms with Crippen LogP contribution in [0.2, 0.25) is 0 Å². The van der Waals surface area contributed by atoms with Crippen molar-refractivity contribution < 1.29 is 18.7 Å². The molecule has 1 N–H and O–H groups in total. The molecule has 0 fully saturated rings. The number of rotatable bonds is 7. The first kappa shape index (κ1) is 14.6. The summed E-state index contributed by atoms with van der Waals surface area (Å²) in [6.45, 7) is 1.97. The van der Waals surface area contributed by atoms with Crippen molar-refractivity contribution in [2.75, 3.05) is 0 Å². The Bertz CT molecular complexity index is 385. The highest BCUT2D eigenvalue weighted by atomic mass is 19.3. The zero-order chi connectivity index (χ0) is 13.6. The normalized spacial score (nSPS) is 11.5. The number of carbonyl (C=O) groups is 1. The van der Waals surface area contributed by atoms with E-state index >= 15 is 0 Å². The molecule has 0 saturated heterocycles. The standard InChI is InChI=1S/C14H18F2O2/c1-2-11-6-8-12(9-7-11)14(15,16)10-4-3-5-13(17)18/h6-9H,2-5,10H2,1H3,(H,17,18). The van der Waals surface area contributed by atoms with Gasteiger partial charge in [0.15, 0.2) is 0 Å². The first-order chi connectivity index (χ1) is 8.45. The molecule has 0 aliphatic rings.